The van der Waals surface area contributed by atoms with E-state index in [-0.39, 0.29) is 5.91 Å². The van der Waals surface area contributed by atoms with Gasteiger partial charge in [0, 0.05) is 35.2 Å². The van der Waals surface area contributed by atoms with Crippen LogP contribution in [0.3, 0.4) is 0 Å². The van der Waals surface area contributed by atoms with E-state index in [1.54, 1.807) is 17.4 Å². The Hall–Kier alpha value is -2.79. The van der Waals surface area contributed by atoms with Gasteiger partial charge in [-0.3, -0.25) is 4.79 Å². The lowest BCUT2D eigenvalue weighted by Crippen LogP contribution is -2.32. The molecule has 0 saturated heterocycles. The number of benzene rings is 2. The van der Waals surface area contributed by atoms with Crippen molar-refractivity contribution in [2.24, 2.45) is 0 Å². The maximum Gasteiger partial charge on any atom is 0.258 e. The molecule has 1 aromatic heterocycles. The summed E-state index contributed by atoms with van der Waals surface area (Å²) in [5, 5.41) is 8.49. The van der Waals surface area contributed by atoms with Gasteiger partial charge in [-0.1, -0.05) is 24.3 Å². The molecule has 130 valence electrons. The molecule has 2 aromatic carbocycles. The Labute approximate surface area is 156 Å². The van der Waals surface area contributed by atoms with Crippen LogP contribution in [0.15, 0.2) is 42.5 Å². The monoisotopic (exact) mass is 361 g/mol. The van der Waals surface area contributed by atoms with Crippen molar-refractivity contribution in [2.45, 2.75) is 20.3 Å². The molecule has 1 aliphatic rings. The second-order valence-electron chi connectivity index (χ2n) is 6.44. The van der Waals surface area contributed by atoms with Gasteiger partial charge in [0.2, 0.25) is 0 Å². The molecule has 3 aromatic rings. The summed E-state index contributed by atoms with van der Waals surface area (Å²) in [7, 11) is 0. The standard InChI is InChI=1S/C21H19N3OS/c1-13-11-15(7-8-16(13)12-22)21(25)24-10-9-19-20(23-14(2)26-19)17-5-3-4-6-18(17)24/h3-8,11-12,22H,9-10H2,1-2H3. The molecule has 0 atom stereocenters. The van der Waals surface area contributed by atoms with E-state index in [0.717, 1.165) is 39.5 Å². The summed E-state index contributed by atoms with van der Waals surface area (Å²) in [6.45, 7) is 4.59. The van der Waals surface area contributed by atoms with Crippen molar-refractivity contribution >= 4 is 29.1 Å². The van der Waals surface area contributed by atoms with Gasteiger partial charge in [0.25, 0.3) is 5.91 Å². The maximum absolute atomic E-state index is 13.3. The van der Waals surface area contributed by atoms with Gasteiger partial charge in [-0.25, -0.2) is 4.98 Å². The third-order valence-corrected chi connectivity index (χ3v) is 5.76. The van der Waals surface area contributed by atoms with Gasteiger partial charge in [-0.05, 0) is 43.2 Å². The number of amides is 1. The highest BCUT2D eigenvalue weighted by atomic mass is 32.1. The van der Waals surface area contributed by atoms with Crippen molar-refractivity contribution in [3.63, 3.8) is 0 Å². The van der Waals surface area contributed by atoms with Gasteiger partial charge in [0.05, 0.1) is 16.4 Å². The molecule has 0 fully saturated rings. The molecule has 0 bridgehead atoms. The maximum atomic E-state index is 13.3. The fourth-order valence-corrected chi connectivity index (χ4v) is 4.37. The minimum Gasteiger partial charge on any atom is -0.308 e. The highest BCUT2D eigenvalue weighted by molar-refractivity contribution is 7.12. The molecule has 2 heterocycles. The molecule has 1 N–H and O–H groups in total. The van der Waals surface area contributed by atoms with Crippen LogP contribution in [0.2, 0.25) is 0 Å². The van der Waals surface area contributed by atoms with Crippen molar-refractivity contribution in [3.05, 3.63) is 69.0 Å². The van der Waals surface area contributed by atoms with Crippen molar-refractivity contribution < 1.29 is 4.79 Å². The zero-order valence-corrected chi connectivity index (χ0v) is 15.6. The summed E-state index contributed by atoms with van der Waals surface area (Å²) in [5.74, 6) is -0.0102. The number of fused-ring (bicyclic) bond motifs is 3. The first-order chi connectivity index (χ1) is 12.6. The summed E-state index contributed by atoms with van der Waals surface area (Å²) in [6.07, 6.45) is 2.12. The predicted molar refractivity (Wildman–Crippen MR) is 107 cm³/mol. The summed E-state index contributed by atoms with van der Waals surface area (Å²) < 4.78 is 0. The summed E-state index contributed by atoms with van der Waals surface area (Å²) >= 11 is 1.71. The van der Waals surface area contributed by atoms with Crippen molar-refractivity contribution in [2.75, 3.05) is 11.4 Å². The second kappa shape index (κ2) is 6.50. The number of aryl methyl sites for hydroxylation is 2. The second-order valence-corrected chi connectivity index (χ2v) is 7.73. The normalized spacial score (nSPS) is 12.9. The SMILES string of the molecule is Cc1nc2c(s1)CCN(C(=O)c1ccc(C=N)c(C)c1)c1ccccc1-2. The van der Waals surface area contributed by atoms with Crippen LogP contribution in [-0.2, 0) is 6.42 Å². The Morgan fingerprint density at radius 1 is 1.23 bits per heavy atom. The van der Waals surface area contributed by atoms with Gasteiger partial charge in [0.1, 0.15) is 0 Å². The lowest BCUT2D eigenvalue weighted by Gasteiger charge is -2.23. The average Bonchev–Trinajstić information content (AvgIpc) is 2.95. The summed E-state index contributed by atoms with van der Waals surface area (Å²) in [4.78, 5) is 21.1. The van der Waals surface area contributed by atoms with Crippen LogP contribution in [0.5, 0.6) is 0 Å². The number of aromatic nitrogens is 1. The first kappa shape index (κ1) is 16.7. The van der Waals surface area contributed by atoms with E-state index in [2.05, 4.69) is 0 Å². The fourth-order valence-electron chi connectivity index (χ4n) is 3.43. The van der Waals surface area contributed by atoms with E-state index in [9.17, 15) is 4.79 Å². The predicted octanol–water partition coefficient (Wildman–Crippen LogP) is 4.63. The molecule has 0 radical (unpaired) electrons. The Balaban J connectivity index is 1.79. The van der Waals surface area contributed by atoms with Gasteiger partial charge in [-0.15, -0.1) is 11.3 Å². The Kier molecular flexibility index (Phi) is 4.17. The molecule has 0 unspecified atom stereocenters. The van der Waals surface area contributed by atoms with Crippen LogP contribution < -0.4 is 4.90 Å². The van der Waals surface area contributed by atoms with Crippen LogP contribution in [0, 0.1) is 19.3 Å². The van der Waals surface area contributed by atoms with Crippen molar-refractivity contribution in [1.29, 1.82) is 5.41 Å². The van der Waals surface area contributed by atoms with Crippen molar-refractivity contribution in [3.8, 4) is 11.3 Å². The third kappa shape index (κ3) is 2.74. The van der Waals surface area contributed by atoms with E-state index in [1.807, 2.05) is 55.1 Å². The molecule has 4 rings (SSSR count). The first-order valence-electron chi connectivity index (χ1n) is 8.57. The van der Waals surface area contributed by atoms with E-state index in [4.69, 9.17) is 10.4 Å². The fraction of sp³-hybridized carbons (Fsp3) is 0.190. The third-order valence-electron chi connectivity index (χ3n) is 4.73. The van der Waals surface area contributed by atoms with E-state index in [0.29, 0.717) is 12.1 Å². The number of hydrogen-bond acceptors (Lipinski definition) is 4. The smallest absolute Gasteiger partial charge is 0.258 e. The Bertz CT molecular complexity index is 1020. The molecule has 5 heteroatoms. The summed E-state index contributed by atoms with van der Waals surface area (Å²) in [6, 6.07) is 13.5. The number of anilines is 1. The van der Waals surface area contributed by atoms with Crippen LogP contribution in [0.25, 0.3) is 11.3 Å². The first-order valence-corrected chi connectivity index (χ1v) is 9.39. The van der Waals surface area contributed by atoms with E-state index < -0.39 is 0 Å². The number of carbonyl (C=O) groups is 1. The number of thiazole rings is 1. The molecular weight excluding hydrogens is 342 g/mol. The average molecular weight is 361 g/mol. The molecule has 26 heavy (non-hydrogen) atoms. The lowest BCUT2D eigenvalue weighted by atomic mass is 10.0. The minimum atomic E-state index is -0.0102. The zero-order chi connectivity index (χ0) is 18.3. The summed E-state index contributed by atoms with van der Waals surface area (Å²) in [5.41, 5.74) is 5.36. The molecule has 4 nitrogen and oxygen atoms in total. The molecule has 0 saturated carbocycles. The van der Waals surface area contributed by atoms with E-state index in [1.165, 1.54) is 11.1 Å². The Morgan fingerprint density at radius 2 is 2.04 bits per heavy atom. The van der Waals surface area contributed by atoms with Crippen LogP contribution in [0.1, 0.15) is 31.4 Å². The molecule has 1 amide bonds. The zero-order valence-electron chi connectivity index (χ0n) is 14.7. The van der Waals surface area contributed by atoms with Crippen molar-refractivity contribution in [1.82, 2.24) is 4.98 Å². The van der Waals surface area contributed by atoms with Gasteiger partial charge < -0.3 is 10.3 Å². The lowest BCUT2D eigenvalue weighted by molar-refractivity contribution is 0.0987. The number of nitrogens with zero attached hydrogens (tertiary/aromatic N) is 2. The molecular formula is C21H19N3OS. The highest BCUT2D eigenvalue weighted by Crippen LogP contribution is 2.38. The van der Waals surface area contributed by atoms with Crippen LogP contribution in [-0.4, -0.2) is 23.7 Å². The van der Waals surface area contributed by atoms with E-state index >= 15 is 0 Å². The molecule has 1 aliphatic heterocycles. The topological polar surface area (TPSA) is 57.1 Å². The number of nitrogens with one attached hydrogen (secondary N) is 1. The van der Waals surface area contributed by atoms with Gasteiger partial charge in [-0.2, -0.15) is 0 Å². The quantitative estimate of drug-likeness (QED) is 0.677. The number of para-hydroxylation sites is 1. The van der Waals surface area contributed by atoms with Gasteiger partial charge >= 0.3 is 0 Å². The van der Waals surface area contributed by atoms with Crippen LogP contribution >= 0.6 is 11.3 Å². The largest absolute Gasteiger partial charge is 0.308 e. The van der Waals surface area contributed by atoms with Crippen LogP contribution in [0.4, 0.5) is 5.69 Å². The van der Waals surface area contributed by atoms with Gasteiger partial charge in [0.15, 0.2) is 0 Å². The number of carbonyl (C=O) groups excluding carboxylic acids is 1. The number of rotatable bonds is 2. The molecule has 0 aliphatic carbocycles. The Morgan fingerprint density at radius 3 is 2.81 bits per heavy atom. The minimum absolute atomic E-state index is 0.0102. The highest BCUT2D eigenvalue weighted by Gasteiger charge is 2.27. The molecule has 0 spiro atoms. The number of hydrogen-bond donors (Lipinski definition) is 1.